The van der Waals surface area contributed by atoms with E-state index in [1.165, 1.54) is 0 Å². The molecule has 6 heteroatoms. The molecule has 4 nitrogen and oxygen atoms in total. The van der Waals surface area contributed by atoms with E-state index in [4.69, 9.17) is 9.47 Å². The number of halogens is 1. The van der Waals surface area contributed by atoms with Gasteiger partial charge in [0.15, 0.2) is 0 Å². The zero-order valence-electron chi connectivity index (χ0n) is 10.9. The summed E-state index contributed by atoms with van der Waals surface area (Å²) in [7, 11) is 0. The molecule has 0 bridgehead atoms. The highest BCUT2D eigenvalue weighted by molar-refractivity contribution is 9.11. The molecule has 0 amide bonds. The van der Waals surface area contributed by atoms with Crippen molar-refractivity contribution in [1.82, 2.24) is 5.32 Å². The lowest BCUT2D eigenvalue weighted by molar-refractivity contribution is -0.145. The van der Waals surface area contributed by atoms with E-state index in [-0.39, 0.29) is 12.1 Å². The Morgan fingerprint density at radius 3 is 3.11 bits per heavy atom. The third kappa shape index (κ3) is 4.27. The Kier molecular flexibility index (Phi) is 5.81. The SMILES string of the molecule is CCOC(=O)C(NCC1CCCO1)c1ccc(Br)s1. The number of thiophene rings is 1. The van der Waals surface area contributed by atoms with Crippen molar-refractivity contribution in [2.75, 3.05) is 19.8 Å². The molecule has 2 heterocycles. The monoisotopic (exact) mass is 347 g/mol. The lowest BCUT2D eigenvalue weighted by Crippen LogP contribution is -2.35. The molecule has 0 radical (unpaired) electrons. The first-order valence-corrected chi connectivity index (χ1v) is 8.08. The number of carbonyl (C=O) groups is 1. The molecule has 2 unspecified atom stereocenters. The van der Waals surface area contributed by atoms with Gasteiger partial charge in [-0.25, -0.2) is 4.79 Å². The minimum atomic E-state index is -0.402. The maximum absolute atomic E-state index is 12.0. The van der Waals surface area contributed by atoms with Gasteiger partial charge in [-0.2, -0.15) is 0 Å². The van der Waals surface area contributed by atoms with E-state index in [0.717, 1.165) is 28.1 Å². The third-order valence-corrected chi connectivity index (χ3v) is 4.66. The van der Waals surface area contributed by atoms with Gasteiger partial charge in [-0.1, -0.05) is 0 Å². The summed E-state index contributed by atoms with van der Waals surface area (Å²) in [6.45, 7) is 3.71. The average molecular weight is 348 g/mol. The first-order valence-electron chi connectivity index (χ1n) is 6.47. The predicted molar refractivity (Wildman–Crippen MR) is 78.4 cm³/mol. The van der Waals surface area contributed by atoms with Gasteiger partial charge in [0.1, 0.15) is 6.04 Å². The predicted octanol–water partition coefficient (Wildman–Crippen LogP) is 2.88. The highest BCUT2D eigenvalue weighted by Gasteiger charge is 2.25. The number of hydrogen-bond acceptors (Lipinski definition) is 5. The Labute approximate surface area is 125 Å². The molecule has 1 fully saturated rings. The number of rotatable bonds is 6. The second-order valence-electron chi connectivity index (χ2n) is 4.37. The molecule has 2 atom stereocenters. The van der Waals surface area contributed by atoms with Crippen LogP contribution in [0.5, 0.6) is 0 Å². The van der Waals surface area contributed by atoms with Crippen LogP contribution in [0.4, 0.5) is 0 Å². The van der Waals surface area contributed by atoms with Crippen molar-refractivity contribution < 1.29 is 14.3 Å². The van der Waals surface area contributed by atoms with Crippen molar-refractivity contribution in [3.05, 3.63) is 20.8 Å². The van der Waals surface area contributed by atoms with Crippen LogP contribution in [0.25, 0.3) is 0 Å². The molecule has 0 aromatic carbocycles. The number of carbonyl (C=O) groups excluding carboxylic acids is 1. The number of ether oxygens (including phenoxy) is 2. The molecular weight excluding hydrogens is 330 g/mol. The van der Waals surface area contributed by atoms with Gasteiger partial charge in [0, 0.05) is 18.0 Å². The van der Waals surface area contributed by atoms with Crippen LogP contribution in [0, 0.1) is 0 Å². The summed E-state index contributed by atoms with van der Waals surface area (Å²) >= 11 is 4.96. The molecule has 1 aromatic rings. The summed E-state index contributed by atoms with van der Waals surface area (Å²) in [5, 5.41) is 3.27. The molecule has 0 saturated carbocycles. The summed E-state index contributed by atoms with van der Waals surface area (Å²) in [5.74, 6) is -0.227. The zero-order valence-corrected chi connectivity index (χ0v) is 13.3. The van der Waals surface area contributed by atoms with E-state index in [2.05, 4.69) is 21.2 Å². The van der Waals surface area contributed by atoms with Gasteiger partial charge in [0.25, 0.3) is 0 Å². The molecule has 19 heavy (non-hydrogen) atoms. The van der Waals surface area contributed by atoms with E-state index in [1.807, 2.05) is 19.1 Å². The molecule has 0 spiro atoms. The van der Waals surface area contributed by atoms with Crippen LogP contribution in [-0.2, 0) is 14.3 Å². The molecule has 0 aliphatic carbocycles. The lowest BCUT2D eigenvalue weighted by atomic mass is 10.2. The quantitative estimate of drug-likeness (QED) is 0.803. The highest BCUT2D eigenvalue weighted by Crippen LogP contribution is 2.28. The summed E-state index contributed by atoms with van der Waals surface area (Å²) in [5.41, 5.74) is 0. The highest BCUT2D eigenvalue weighted by atomic mass is 79.9. The first-order chi connectivity index (χ1) is 9.20. The van der Waals surface area contributed by atoms with E-state index in [9.17, 15) is 4.79 Å². The Hall–Kier alpha value is -0.430. The van der Waals surface area contributed by atoms with Gasteiger partial charge in [0.05, 0.1) is 16.5 Å². The van der Waals surface area contributed by atoms with E-state index >= 15 is 0 Å². The molecule has 1 saturated heterocycles. The fourth-order valence-corrected chi connectivity index (χ4v) is 3.55. The van der Waals surface area contributed by atoms with E-state index in [1.54, 1.807) is 11.3 Å². The van der Waals surface area contributed by atoms with Crippen molar-refractivity contribution in [2.45, 2.75) is 31.9 Å². The second kappa shape index (κ2) is 7.38. The van der Waals surface area contributed by atoms with Crippen LogP contribution in [0.15, 0.2) is 15.9 Å². The molecule has 1 aliphatic heterocycles. The van der Waals surface area contributed by atoms with Crippen LogP contribution in [0.3, 0.4) is 0 Å². The minimum Gasteiger partial charge on any atom is -0.465 e. The number of hydrogen-bond donors (Lipinski definition) is 1. The molecule has 1 N–H and O–H groups in total. The van der Waals surface area contributed by atoms with Gasteiger partial charge in [-0.15, -0.1) is 11.3 Å². The standard InChI is InChI=1S/C13H18BrNO3S/c1-2-17-13(16)12(10-5-6-11(14)19-10)15-8-9-4-3-7-18-9/h5-6,9,12,15H,2-4,7-8H2,1H3. The Bertz CT molecular complexity index is 418. The Morgan fingerprint density at radius 2 is 2.53 bits per heavy atom. The molecule has 2 rings (SSSR count). The first kappa shape index (κ1) is 15.0. The van der Waals surface area contributed by atoms with Gasteiger partial charge in [-0.05, 0) is 47.8 Å². The number of nitrogens with one attached hydrogen (secondary N) is 1. The topological polar surface area (TPSA) is 47.6 Å². The molecule has 106 valence electrons. The van der Waals surface area contributed by atoms with E-state index in [0.29, 0.717) is 13.2 Å². The van der Waals surface area contributed by atoms with E-state index < -0.39 is 6.04 Å². The van der Waals surface area contributed by atoms with Crippen molar-refractivity contribution >= 4 is 33.2 Å². The van der Waals surface area contributed by atoms with Crippen molar-refractivity contribution in [1.29, 1.82) is 0 Å². The van der Waals surface area contributed by atoms with Crippen molar-refractivity contribution in [3.63, 3.8) is 0 Å². The third-order valence-electron chi connectivity index (χ3n) is 2.97. The summed E-state index contributed by atoms with van der Waals surface area (Å²) in [4.78, 5) is 13.0. The van der Waals surface area contributed by atoms with Gasteiger partial charge in [-0.3, -0.25) is 5.32 Å². The zero-order chi connectivity index (χ0) is 13.7. The molecule has 1 aromatic heterocycles. The molecule has 1 aliphatic rings. The Balaban J connectivity index is 1.98. The smallest absolute Gasteiger partial charge is 0.328 e. The van der Waals surface area contributed by atoms with Crippen LogP contribution in [0.1, 0.15) is 30.7 Å². The largest absolute Gasteiger partial charge is 0.465 e. The van der Waals surface area contributed by atoms with Crippen molar-refractivity contribution in [3.8, 4) is 0 Å². The fraction of sp³-hybridized carbons (Fsp3) is 0.615. The second-order valence-corrected chi connectivity index (χ2v) is 6.86. The van der Waals surface area contributed by atoms with Crippen LogP contribution >= 0.6 is 27.3 Å². The normalized spacial score (nSPS) is 20.4. The molecular formula is C13H18BrNO3S. The maximum Gasteiger partial charge on any atom is 0.328 e. The average Bonchev–Trinajstić information content (AvgIpc) is 3.02. The summed E-state index contributed by atoms with van der Waals surface area (Å²) in [6, 6.07) is 3.49. The lowest BCUT2D eigenvalue weighted by Gasteiger charge is -2.18. The maximum atomic E-state index is 12.0. The Morgan fingerprint density at radius 1 is 1.68 bits per heavy atom. The minimum absolute atomic E-state index is 0.209. The fourth-order valence-electron chi connectivity index (χ4n) is 2.06. The van der Waals surface area contributed by atoms with Gasteiger partial charge < -0.3 is 9.47 Å². The van der Waals surface area contributed by atoms with Gasteiger partial charge >= 0.3 is 5.97 Å². The summed E-state index contributed by atoms with van der Waals surface area (Å²) < 4.78 is 11.7. The van der Waals surface area contributed by atoms with Crippen LogP contribution in [-0.4, -0.2) is 31.8 Å². The number of esters is 1. The van der Waals surface area contributed by atoms with Crippen LogP contribution < -0.4 is 5.32 Å². The van der Waals surface area contributed by atoms with Crippen molar-refractivity contribution in [2.24, 2.45) is 0 Å². The van der Waals surface area contributed by atoms with Gasteiger partial charge in [0.2, 0.25) is 0 Å². The summed E-state index contributed by atoms with van der Waals surface area (Å²) in [6.07, 6.45) is 2.36. The van der Waals surface area contributed by atoms with Crippen LogP contribution in [0.2, 0.25) is 0 Å².